The molecule has 37 heavy (non-hydrogen) atoms. The van der Waals surface area contributed by atoms with Gasteiger partial charge in [0.15, 0.2) is 5.82 Å². The Morgan fingerprint density at radius 2 is 1.57 bits per heavy atom. The molecule has 1 atom stereocenters. The fraction of sp³-hybridized carbons (Fsp3) is 0.515. The van der Waals surface area contributed by atoms with E-state index in [9.17, 15) is 0 Å². The number of aryl methyl sites for hydroxylation is 4. The molecule has 1 aromatic heterocycles. The van der Waals surface area contributed by atoms with Gasteiger partial charge in [0.2, 0.25) is 0 Å². The van der Waals surface area contributed by atoms with Crippen molar-refractivity contribution in [2.45, 2.75) is 91.1 Å². The number of hydrogen-bond acceptors (Lipinski definition) is 4. The monoisotopic (exact) mass is 496 g/mol. The van der Waals surface area contributed by atoms with Crippen LogP contribution in [0.25, 0.3) is 11.4 Å². The van der Waals surface area contributed by atoms with Gasteiger partial charge in [-0.1, -0.05) is 69.2 Å². The predicted octanol–water partition coefficient (Wildman–Crippen LogP) is 7.47. The molecule has 4 heteroatoms. The second-order valence-electron chi connectivity index (χ2n) is 11.0. The summed E-state index contributed by atoms with van der Waals surface area (Å²) in [5.74, 6) is 2.09. The Balaban J connectivity index is 1.57. The van der Waals surface area contributed by atoms with Crippen molar-refractivity contribution >= 4 is 5.82 Å². The molecule has 0 bridgehead atoms. The van der Waals surface area contributed by atoms with Crippen molar-refractivity contribution < 1.29 is 0 Å². The minimum atomic E-state index is 0.452. The third kappa shape index (κ3) is 5.45. The van der Waals surface area contributed by atoms with E-state index in [1.54, 1.807) is 0 Å². The molecule has 4 nitrogen and oxygen atoms in total. The maximum atomic E-state index is 5.42. The summed E-state index contributed by atoms with van der Waals surface area (Å²) in [6.07, 6.45) is 10.8. The standard InChI is InChI=1S/C33H44N4/c1-5-25-16-13-17-26(6-2)31(25)32-34-24(3)29(33(35-32)37-21-11-7-8-12-22-37)23-36(4)30-20-14-18-27-15-9-10-19-28(27)30/h9-10,13,15-17,19,30H,5-8,11-12,14,18,20-23H2,1-4H3. The van der Waals surface area contributed by atoms with Crippen LogP contribution in [-0.4, -0.2) is 35.0 Å². The van der Waals surface area contributed by atoms with Gasteiger partial charge in [0.25, 0.3) is 0 Å². The molecule has 0 saturated carbocycles. The maximum Gasteiger partial charge on any atom is 0.162 e. The van der Waals surface area contributed by atoms with Crippen molar-refractivity contribution in [1.82, 2.24) is 14.9 Å². The van der Waals surface area contributed by atoms with Crippen molar-refractivity contribution in [3.05, 3.63) is 76.0 Å². The zero-order valence-electron chi connectivity index (χ0n) is 23.4. The van der Waals surface area contributed by atoms with Crippen LogP contribution in [0.15, 0.2) is 42.5 Å². The molecule has 2 aromatic carbocycles. The second kappa shape index (κ2) is 11.8. The molecule has 196 valence electrons. The van der Waals surface area contributed by atoms with Gasteiger partial charge in [-0.3, -0.25) is 4.90 Å². The molecule has 5 rings (SSSR count). The van der Waals surface area contributed by atoms with Crippen molar-refractivity contribution in [2.75, 3.05) is 25.0 Å². The summed E-state index contributed by atoms with van der Waals surface area (Å²) in [6, 6.07) is 16.2. The van der Waals surface area contributed by atoms with Crippen LogP contribution in [-0.2, 0) is 25.8 Å². The SMILES string of the molecule is CCc1cccc(CC)c1-c1nc(C)c(CN(C)C2CCCc3ccccc32)c(N2CCCCCC2)n1. The Hall–Kier alpha value is -2.72. The third-order valence-electron chi connectivity index (χ3n) is 8.60. The molecule has 1 saturated heterocycles. The lowest BCUT2D eigenvalue weighted by molar-refractivity contribution is 0.212. The van der Waals surface area contributed by atoms with Crippen molar-refractivity contribution in [3.8, 4) is 11.4 Å². The molecule has 1 unspecified atom stereocenters. The van der Waals surface area contributed by atoms with Gasteiger partial charge in [0, 0.05) is 42.5 Å². The van der Waals surface area contributed by atoms with Crippen LogP contribution in [0.2, 0.25) is 0 Å². The molecule has 1 fully saturated rings. The first-order valence-electron chi connectivity index (χ1n) is 14.6. The number of benzene rings is 2. The highest BCUT2D eigenvalue weighted by Crippen LogP contribution is 2.37. The van der Waals surface area contributed by atoms with Crippen molar-refractivity contribution in [3.63, 3.8) is 0 Å². The fourth-order valence-electron chi connectivity index (χ4n) is 6.50. The lowest BCUT2D eigenvalue weighted by Gasteiger charge is -2.35. The van der Waals surface area contributed by atoms with Gasteiger partial charge in [-0.15, -0.1) is 0 Å². The van der Waals surface area contributed by atoms with Crippen LogP contribution in [0.5, 0.6) is 0 Å². The largest absolute Gasteiger partial charge is 0.356 e. The van der Waals surface area contributed by atoms with Gasteiger partial charge in [-0.2, -0.15) is 0 Å². The Kier molecular flexibility index (Phi) is 8.24. The van der Waals surface area contributed by atoms with E-state index >= 15 is 0 Å². The van der Waals surface area contributed by atoms with Crippen LogP contribution < -0.4 is 4.90 Å². The van der Waals surface area contributed by atoms with Crippen LogP contribution in [0, 0.1) is 6.92 Å². The van der Waals surface area contributed by atoms with E-state index in [4.69, 9.17) is 9.97 Å². The average molecular weight is 497 g/mol. The summed E-state index contributed by atoms with van der Waals surface area (Å²) in [6.45, 7) is 9.76. The zero-order chi connectivity index (χ0) is 25.8. The Labute approximate surface area is 224 Å². The summed E-state index contributed by atoms with van der Waals surface area (Å²) in [7, 11) is 2.30. The van der Waals surface area contributed by atoms with E-state index in [1.807, 2.05) is 0 Å². The number of fused-ring (bicyclic) bond motifs is 1. The number of hydrogen-bond donors (Lipinski definition) is 0. The van der Waals surface area contributed by atoms with E-state index in [0.717, 1.165) is 44.0 Å². The molecule has 0 amide bonds. The Morgan fingerprint density at radius 3 is 2.27 bits per heavy atom. The lowest BCUT2D eigenvalue weighted by Crippen LogP contribution is -2.31. The molecule has 1 aliphatic carbocycles. The second-order valence-corrected chi connectivity index (χ2v) is 11.0. The summed E-state index contributed by atoms with van der Waals surface area (Å²) < 4.78 is 0. The number of rotatable bonds is 7. The molecule has 2 heterocycles. The van der Waals surface area contributed by atoms with E-state index in [2.05, 4.69) is 80.1 Å². The van der Waals surface area contributed by atoms with Crippen molar-refractivity contribution in [2.24, 2.45) is 0 Å². The highest BCUT2D eigenvalue weighted by Gasteiger charge is 2.27. The van der Waals surface area contributed by atoms with Gasteiger partial charge in [-0.25, -0.2) is 9.97 Å². The third-order valence-corrected chi connectivity index (χ3v) is 8.60. The van der Waals surface area contributed by atoms with E-state index in [0.29, 0.717) is 6.04 Å². The molecule has 0 N–H and O–H groups in total. The number of anilines is 1. The molecule has 1 aliphatic heterocycles. The molecule has 2 aliphatic rings. The molecule has 0 radical (unpaired) electrons. The summed E-state index contributed by atoms with van der Waals surface area (Å²) in [5, 5.41) is 0. The maximum absolute atomic E-state index is 5.42. The summed E-state index contributed by atoms with van der Waals surface area (Å²) in [4.78, 5) is 15.8. The van der Waals surface area contributed by atoms with Gasteiger partial charge in [0.05, 0.1) is 0 Å². The lowest BCUT2D eigenvalue weighted by atomic mass is 9.87. The van der Waals surface area contributed by atoms with Crippen LogP contribution in [0.4, 0.5) is 5.82 Å². The first-order chi connectivity index (χ1) is 18.1. The Morgan fingerprint density at radius 1 is 0.865 bits per heavy atom. The first-order valence-corrected chi connectivity index (χ1v) is 14.6. The fourth-order valence-corrected chi connectivity index (χ4v) is 6.50. The van der Waals surface area contributed by atoms with Gasteiger partial charge < -0.3 is 4.90 Å². The zero-order valence-corrected chi connectivity index (χ0v) is 23.4. The topological polar surface area (TPSA) is 32.3 Å². The van der Waals surface area contributed by atoms with E-state index in [1.165, 1.54) is 84.1 Å². The highest BCUT2D eigenvalue weighted by atomic mass is 15.2. The summed E-state index contributed by atoms with van der Waals surface area (Å²) in [5.41, 5.74) is 9.43. The first kappa shape index (κ1) is 25.9. The Bertz CT molecular complexity index is 1190. The van der Waals surface area contributed by atoms with Crippen LogP contribution >= 0.6 is 0 Å². The van der Waals surface area contributed by atoms with Gasteiger partial charge >= 0.3 is 0 Å². The normalized spacial score (nSPS) is 18.1. The highest BCUT2D eigenvalue weighted by molar-refractivity contribution is 5.68. The average Bonchev–Trinajstić information content (AvgIpc) is 3.22. The van der Waals surface area contributed by atoms with E-state index in [-0.39, 0.29) is 0 Å². The molecule has 3 aromatic rings. The molecular weight excluding hydrogens is 452 g/mol. The predicted molar refractivity (Wildman–Crippen MR) is 155 cm³/mol. The number of aromatic nitrogens is 2. The minimum Gasteiger partial charge on any atom is -0.356 e. The van der Waals surface area contributed by atoms with Crippen LogP contribution in [0.1, 0.15) is 91.9 Å². The smallest absolute Gasteiger partial charge is 0.162 e. The molecular formula is C33H44N4. The van der Waals surface area contributed by atoms with Gasteiger partial charge in [0.1, 0.15) is 5.82 Å². The van der Waals surface area contributed by atoms with Gasteiger partial charge in [-0.05, 0) is 81.2 Å². The minimum absolute atomic E-state index is 0.452. The van der Waals surface area contributed by atoms with Crippen LogP contribution in [0.3, 0.4) is 0 Å². The van der Waals surface area contributed by atoms with Crippen molar-refractivity contribution in [1.29, 1.82) is 0 Å². The summed E-state index contributed by atoms with van der Waals surface area (Å²) >= 11 is 0. The van der Waals surface area contributed by atoms with E-state index < -0.39 is 0 Å². The quantitative estimate of drug-likeness (QED) is 0.340. The number of nitrogens with zero attached hydrogens (tertiary/aromatic N) is 4. The molecule has 0 spiro atoms.